The topological polar surface area (TPSA) is 38.3 Å². The highest BCUT2D eigenvalue weighted by atomic mass is 35.5. The molecular formula is C16H16ClNO2. The lowest BCUT2D eigenvalue weighted by Crippen LogP contribution is -2.10. The molecular weight excluding hydrogens is 274 g/mol. The van der Waals surface area contributed by atoms with Crippen molar-refractivity contribution in [1.29, 1.82) is 0 Å². The third-order valence-corrected chi connectivity index (χ3v) is 3.19. The van der Waals surface area contributed by atoms with Gasteiger partial charge in [0.25, 0.3) is 0 Å². The van der Waals surface area contributed by atoms with Gasteiger partial charge in [-0.3, -0.25) is 0 Å². The highest BCUT2D eigenvalue weighted by Crippen LogP contribution is 2.21. The van der Waals surface area contributed by atoms with Gasteiger partial charge in [0.05, 0.1) is 12.7 Å². The molecule has 0 bridgehead atoms. The lowest BCUT2D eigenvalue weighted by atomic mass is 10.1. The minimum absolute atomic E-state index is 0.394. The summed E-state index contributed by atoms with van der Waals surface area (Å²) in [5.74, 6) is -0.394. The number of carbonyl (C=O) groups excluding carboxylic acids is 1. The van der Waals surface area contributed by atoms with E-state index in [4.69, 9.17) is 16.3 Å². The van der Waals surface area contributed by atoms with E-state index in [0.29, 0.717) is 10.6 Å². The van der Waals surface area contributed by atoms with Crippen LogP contribution in [0.25, 0.3) is 0 Å². The Morgan fingerprint density at radius 3 is 2.65 bits per heavy atom. The van der Waals surface area contributed by atoms with E-state index < -0.39 is 5.97 Å². The number of anilines is 1. The molecule has 0 aliphatic heterocycles. The van der Waals surface area contributed by atoms with Crippen molar-refractivity contribution < 1.29 is 9.53 Å². The smallest absolute Gasteiger partial charge is 0.340 e. The van der Waals surface area contributed by atoms with Gasteiger partial charge in [0.15, 0.2) is 0 Å². The van der Waals surface area contributed by atoms with Crippen LogP contribution < -0.4 is 5.32 Å². The molecule has 0 fully saturated rings. The maximum absolute atomic E-state index is 11.7. The van der Waals surface area contributed by atoms with Crippen molar-refractivity contribution in [3.05, 3.63) is 64.7 Å². The summed E-state index contributed by atoms with van der Waals surface area (Å²) in [6, 6.07) is 15.3. The van der Waals surface area contributed by atoms with E-state index in [0.717, 1.165) is 18.7 Å². The van der Waals surface area contributed by atoms with Gasteiger partial charge in [-0.15, -0.1) is 0 Å². The highest BCUT2D eigenvalue weighted by molar-refractivity contribution is 6.31. The number of ether oxygens (including phenoxy) is 1. The fraction of sp³-hybridized carbons (Fsp3) is 0.188. The first kappa shape index (κ1) is 14.4. The van der Waals surface area contributed by atoms with Crippen molar-refractivity contribution in [3.8, 4) is 0 Å². The fourth-order valence-corrected chi connectivity index (χ4v) is 2.11. The van der Waals surface area contributed by atoms with E-state index in [9.17, 15) is 4.79 Å². The van der Waals surface area contributed by atoms with E-state index in [2.05, 4.69) is 17.4 Å². The fourth-order valence-electron chi connectivity index (χ4n) is 1.94. The quantitative estimate of drug-likeness (QED) is 0.851. The number of halogens is 1. The molecule has 2 rings (SSSR count). The Bertz CT molecular complexity index is 584. The monoisotopic (exact) mass is 289 g/mol. The third-order valence-electron chi connectivity index (χ3n) is 2.96. The average molecular weight is 290 g/mol. The van der Waals surface area contributed by atoms with Gasteiger partial charge in [0, 0.05) is 17.3 Å². The molecule has 0 aliphatic rings. The van der Waals surface area contributed by atoms with Gasteiger partial charge in [-0.05, 0) is 30.2 Å². The van der Waals surface area contributed by atoms with Crippen molar-refractivity contribution in [3.63, 3.8) is 0 Å². The van der Waals surface area contributed by atoms with Gasteiger partial charge in [0.1, 0.15) is 0 Å². The minimum Gasteiger partial charge on any atom is -0.465 e. The third kappa shape index (κ3) is 3.75. The number of carbonyl (C=O) groups is 1. The van der Waals surface area contributed by atoms with Crippen LogP contribution in [0.5, 0.6) is 0 Å². The number of rotatable bonds is 5. The van der Waals surface area contributed by atoms with Gasteiger partial charge >= 0.3 is 5.97 Å². The molecule has 0 radical (unpaired) electrons. The first-order valence-corrected chi connectivity index (χ1v) is 6.74. The molecule has 0 spiro atoms. The summed E-state index contributed by atoms with van der Waals surface area (Å²) in [6.07, 6.45) is 0.879. The average Bonchev–Trinajstić information content (AvgIpc) is 2.49. The number of hydrogen-bond acceptors (Lipinski definition) is 3. The van der Waals surface area contributed by atoms with Crippen LogP contribution in [0.1, 0.15) is 15.9 Å². The molecule has 4 heteroatoms. The molecule has 0 saturated heterocycles. The van der Waals surface area contributed by atoms with Crippen LogP contribution in [-0.2, 0) is 11.2 Å². The molecule has 0 aromatic heterocycles. The number of benzene rings is 2. The molecule has 0 aliphatic carbocycles. The lowest BCUT2D eigenvalue weighted by molar-refractivity contribution is 0.0602. The van der Waals surface area contributed by atoms with Gasteiger partial charge in [0.2, 0.25) is 0 Å². The van der Waals surface area contributed by atoms with E-state index in [-0.39, 0.29) is 0 Å². The summed E-state index contributed by atoms with van der Waals surface area (Å²) in [5.41, 5.74) is 2.43. The Morgan fingerprint density at radius 1 is 1.20 bits per heavy atom. The zero-order chi connectivity index (χ0) is 14.4. The summed E-state index contributed by atoms with van der Waals surface area (Å²) in [5, 5.41) is 3.76. The van der Waals surface area contributed by atoms with Crippen LogP contribution in [-0.4, -0.2) is 19.6 Å². The van der Waals surface area contributed by atoms with Crippen molar-refractivity contribution in [1.82, 2.24) is 0 Å². The van der Waals surface area contributed by atoms with Crippen LogP contribution in [0.3, 0.4) is 0 Å². The van der Waals surface area contributed by atoms with Crippen LogP contribution in [0.4, 0.5) is 5.69 Å². The molecule has 0 heterocycles. The lowest BCUT2D eigenvalue weighted by Gasteiger charge is -2.11. The van der Waals surface area contributed by atoms with Crippen molar-refractivity contribution in [2.24, 2.45) is 0 Å². The van der Waals surface area contributed by atoms with E-state index >= 15 is 0 Å². The highest BCUT2D eigenvalue weighted by Gasteiger charge is 2.12. The molecule has 0 atom stereocenters. The predicted molar refractivity (Wildman–Crippen MR) is 81.4 cm³/mol. The van der Waals surface area contributed by atoms with Crippen molar-refractivity contribution >= 4 is 23.3 Å². The zero-order valence-corrected chi connectivity index (χ0v) is 12.0. The Hall–Kier alpha value is -2.00. The second kappa shape index (κ2) is 6.96. The summed E-state index contributed by atoms with van der Waals surface area (Å²) in [6.45, 7) is 0.732. The Morgan fingerprint density at radius 2 is 1.95 bits per heavy atom. The summed E-state index contributed by atoms with van der Waals surface area (Å²) < 4.78 is 4.76. The van der Waals surface area contributed by atoms with E-state index in [1.165, 1.54) is 12.7 Å². The summed E-state index contributed by atoms with van der Waals surface area (Å²) >= 11 is 5.91. The first-order chi connectivity index (χ1) is 9.70. The second-order valence-electron chi connectivity index (χ2n) is 4.34. The largest absolute Gasteiger partial charge is 0.465 e. The molecule has 2 aromatic rings. The summed E-state index contributed by atoms with van der Waals surface area (Å²) in [4.78, 5) is 11.7. The summed E-state index contributed by atoms with van der Waals surface area (Å²) in [7, 11) is 1.36. The molecule has 20 heavy (non-hydrogen) atoms. The molecule has 0 saturated carbocycles. The van der Waals surface area contributed by atoms with Gasteiger partial charge in [-0.2, -0.15) is 0 Å². The number of methoxy groups -OCH3 is 1. The van der Waals surface area contributed by atoms with Crippen LogP contribution in [0.2, 0.25) is 5.02 Å². The van der Waals surface area contributed by atoms with Gasteiger partial charge in [-0.1, -0.05) is 41.9 Å². The van der Waals surface area contributed by atoms with Crippen LogP contribution in [0.15, 0.2) is 48.5 Å². The molecule has 104 valence electrons. The van der Waals surface area contributed by atoms with Crippen molar-refractivity contribution in [2.75, 3.05) is 19.0 Å². The first-order valence-electron chi connectivity index (χ1n) is 6.36. The van der Waals surface area contributed by atoms with Crippen LogP contribution >= 0.6 is 11.6 Å². The SMILES string of the molecule is COC(=O)c1cc(Cl)ccc1NCCc1ccccc1. The Balaban J connectivity index is 2.04. The zero-order valence-electron chi connectivity index (χ0n) is 11.2. The predicted octanol–water partition coefficient (Wildman–Crippen LogP) is 3.78. The molecule has 0 unspecified atom stereocenters. The standard InChI is InChI=1S/C16H16ClNO2/c1-20-16(19)14-11-13(17)7-8-15(14)18-10-9-12-5-3-2-4-6-12/h2-8,11,18H,9-10H2,1H3. The number of hydrogen-bond donors (Lipinski definition) is 1. The number of nitrogens with one attached hydrogen (secondary N) is 1. The van der Waals surface area contributed by atoms with Crippen molar-refractivity contribution in [2.45, 2.75) is 6.42 Å². The Labute approximate surface area is 123 Å². The Kier molecular flexibility index (Phi) is 5.02. The second-order valence-corrected chi connectivity index (χ2v) is 4.78. The normalized spacial score (nSPS) is 10.1. The van der Waals surface area contributed by atoms with E-state index in [1.54, 1.807) is 18.2 Å². The van der Waals surface area contributed by atoms with Gasteiger partial charge < -0.3 is 10.1 Å². The minimum atomic E-state index is -0.394. The number of esters is 1. The molecule has 1 N–H and O–H groups in total. The van der Waals surface area contributed by atoms with Crippen LogP contribution in [0, 0.1) is 0 Å². The molecule has 3 nitrogen and oxygen atoms in total. The maximum atomic E-state index is 11.7. The molecule has 2 aromatic carbocycles. The van der Waals surface area contributed by atoms with Gasteiger partial charge in [-0.25, -0.2) is 4.79 Å². The maximum Gasteiger partial charge on any atom is 0.340 e. The van der Waals surface area contributed by atoms with E-state index in [1.807, 2.05) is 18.2 Å². The molecule has 0 amide bonds.